The zero-order valence-electron chi connectivity index (χ0n) is 13.8. The van der Waals surface area contributed by atoms with Crippen LogP contribution in [0.5, 0.6) is 0 Å². The molecule has 0 atom stereocenters. The number of rotatable bonds is 3. The molecule has 0 aliphatic rings. The summed E-state index contributed by atoms with van der Waals surface area (Å²) in [5.74, 6) is 0.751. The standard InChI is InChI=1S/C19H20N2O2/c1-11(2)19-21-16-6-5-14(10-17(16)23-19)18(22)20-15-8-12(3)7-13(4)9-15/h5-11H,1-4H3,(H,20,22). The maximum absolute atomic E-state index is 12.4. The van der Waals surface area contributed by atoms with E-state index in [9.17, 15) is 4.79 Å². The monoisotopic (exact) mass is 308 g/mol. The van der Waals surface area contributed by atoms with E-state index in [0.717, 1.165) is 22.3 Å². The lowest BCUT2D eigenvalue weighted by molar-refractivity contribution is 0.102. The highest BCUT2D eigenvalue weighted by molar-refractivity contribution is 6.05. The van der Waals surface area contributed by atoms with Crippen LogP contribution in [0.1, 0.15) is 47.1 Å². The molecule has 1 aromatic heterocycles. The zero-order valence-corrected chi connectivity index (χ0v) is 13.8. The number of carbonyl (C=O) groups excluding carboxylic acids is 1. The van der Waals surface area contributed by atoms with Gasteiger partial charge in [0.15, 0.2) is 11.5 Å². The van der Waals surface area contributed by atoms with Gasteiger partial charge in [-0.2, -0.15) is 0 Å². The van der Waals surface area contributed by atoms with Gasteiger partial charge < -0.3 is 9.73 Å². The molecule has 0 fully saturated rings. The largest absolute Gasteiger partial charge is 0.440 e. The Kier molecular flexibility index (Phi) is 3.90. The fourth-order valence-corrected chi connectivity index (χ4v) is 2.58. The second kappa shape index (κ2) is 5.88. The van der Waals surface area contributed by atoms with E-state index in [1.54, 1.807) is 12.1 Å². The number of hydrogen-bond acceptors (Lipinski definition) is 3. The summed E-state index contributed by atoms with van der Waals surface area (Å²) >= 11 is 0. The first-order valence-electron chi connectivity index (χ1n) is 7.72. The average molecular weight is 308 g/mol. The second-order valence-electron chi connectivity index (χ2n) is 6.22. The quantitative estimate of drug-likeness (QED) is 0.754. The van der Waals surface area contributed by atoms with Crippen molar-refractivity contribution in [3.63, 3.8) is 0 Å². The van der Waals surface area contributed by atoms with Crippen molar-refractivity contribution in [2.24, 2.45) is 0 Å². The molecule has 0 spiro atoms. The van der Waals surface area contributed by atoms with Crippen LogP contribution >= 0.6 is 0 Å². The SMILES string of the molecule is Cc1cc(C)cc(NC(=O)c2ccc3nc(C(C)C)oc3c2)c1. The second-order valence-corrected chi connectivity index (χ2v) is 6.22. The lowest BCUT2D eigenvalue weighted by Crippen LogP contribution is -2.11. The molecule has 118 valence electrons. The third-order valence-electron chi connectivity index (χ3n) is 3.64. The van der Waals surface area contributed by atoms with E-state index in [1.165, 1.54) is 0 Å². The number of aryl methyl sites for hydroxylation is 2. The molecule has 3 rings (SSSR count). The van der Waals surface area contributed by atoms with Gasteiger partial charge in [-0.1, -0.05) is 19.9 Å². The van der Waals surface area contributed by atoms with Gasteiger partial charge in [0.25, 0.3) is 5.91 Å². The molecule has 4 heteroatoms. The van der Waals surface area contributed by atoms with Crippen molar-refractivity contribution in [3.05, 3.63) is 59.0 Å². The highest BCUT2D eigenvalue weighted by atomic mass is 16.3. The van der Waals surface area contributed by atoms with Gasteiger partial charge >= 0.3 is 0 Å². The molecule has 0 aliphatic carbocycles. The normalized spacial score (nSPS) is 11.2. The average Bonchev–Trinajstić information content (AvgIpc) is 2.89. The molecule has 3 aromatic rings. The minimum atomic E-state index is -0.153. The Morgan fingerprint density at radius 2 is 1.78 bits per heavy atom. The van der Waals surface area contributed by atoms with Gasteiger partial charge in [0.05, 0.1) is 0 Å². The molecule has 4 nitrogen and oxygen atoms in total. The molecular formula is C19H20N2O2. The lowest BCUT2D eigenvalue weighted by atomic mass is 10.1. The first-order valence-corrected chi connectivity index (χ1v) is 7.72. The van der Waals surface area contributed by atoms with E-state index >= 15 is 0 Å². The molecule has 0 bridgehead atoms. The van der Waals surface area contributed by atoms with Crippen LogP contribution in [-0.2, 0) is 0 Å². The predicted molar refractivity (Wildman–Crippen MR) is 92.0 cm³/mol. The Morgan fingerprint density at radius 1 is 1.09 bits per heavy atom. The predicted octanol–water partition coefficient (Wildman–Crippen LogP) is 4.82. The van der Waals surface area contributed by atoms with E-state index in [1.807, 2.05) is 45.9 Å². The summed E-state index contributed by atoms with van der Waals surface area (Å²) in [5, 5.41) is 2.93. The summed E-state index contributed by atoms with van der Waals surface area (Å²) in [6.45, 7) is 8.07. The number of aromatic nitrogens is 1. The fraction of sp³-hybridized carbons (Fsp3) is 0.263. The summed E-state index contributed by atoms with van der Waals surface area (Å²) in [6, 6.07) is 11.3. The number of nitrogens with one attached hydrogen (secondary N) is 1. The van der Waals surface area contributed by atoms with E-state index in [4.69, 9.17) is 4.42 Å². The third kappa shape index (κ3) is 3.26. The summed E-state index contributed by atoms with van der Waals surface area (Å²) in [7, 11) is 0. The lowest BCUT2D eigenvalue weighted by Gasteiger charge is -2.07. The number of oxazole rings is 1. The number of carbonyl (C=O) groups is 1. The molecular weight excluding hydrogens is 288 g/mol. The number of nitrogens with zero attached hydrogens (tertiary/aromatic N) is 1. The molecule has 1 heterocycles. The van der Waals surface area contributed by atoms with Crippen LogP contribution in [-0.4, -0.2) is 10.9 Å². The fourth-order valence-electron chi connectivity index (χ4n) is 2.58. The first kappa shape index (κ1) is 15.3. The summed E-state index contributed by atoms with van der Waals surface area (Å²) in [4.78, 5) is 16.9. The molecule has 23 heavy (non-hydrogen) atoms. The van der Waals surface area contributed by atoms with Gasteiger partial charge in [-0.3, -0.25) is 4.79 Å². The van der Waals surface area contributed by atoms with Gasteiger partial charge in [0.1, 0.15) is 5.52 Å². The van der Waals surface area contributed by atoms with Crippen molar-refractivity contribution < 1.29 is 9.21 Å². The molecule has 0 radical (unpaired) electrons. The Bertz CT molecular complexity index is 858. The van der Waals surface area contributed by atoms with Crippen molar-refractivity contribution >= 4 is 22.7 Å². The maximum atomic E-state index is 12.4. The van der Waals surface area contributed by atoms with Crippen molar-refractivity contribution in [2.45, 2.75) is 33.6 Å². The Morgan fingerprint density at radius 3 is 2.43 bits per heavy atom. The van der Waals surface area contributed by atoms with Crippen LogP contribution in [0.4, 0.5) is 5.69 Å². The van der Waals surface area contributed by atoms with Gasteiger partial charge in [0, 0.05) is 17.2 Å². The smallest absolute Gasteiger partial charge is 0.255 e. The van der Waals surface area contributed by atoms with Crippen molar-refractivity contribution in [2.75, 3.05) is 5.32 Å². The highest BCUT2D eigenvalue weighted by Gasteiger charge is 2.13. The number of hydrogen-bond donors (Lipinski definition) is 1. The molecule has 0 aliphatic heterocycles. The number of anilines is 1. The minimum Gasteiger partial charge on any atom is -0.440 e. The topological polar surface area (TPSA) is 55.1 Å². The Labute approximate surface area is 135 Å². The van der Waals surface area contributed by atoms with E-state index in [0.29, 0.717) is 17.0 Å². The van der Waals surface area contributed by atoms with Gasteiger partial charge in [0.2, 0.25) is 0 Å². The van der Waals surface area contributed by atoms with E-state index in [2.05, 4.69) is 16.4 Å². The molecule has 2 aromatic carbocycles. The van der Waals surface area contributed by atoms with Crippen molar-refractivity contribution in [3.8, 4) is 0 Å². The maximum Gasteiger partial charge on any atom is 0.255 e. The number of benzene rings is 2. The zero-order chi connectivity index (χ0) is 16.6. The summed E-state index contributed by atoms with van der Waals surface area (Å²) in [5.41, 5.74) is 5.01. The van der Waals surface area contributed by atoms with Gasteiger partial charge in [-0.15, -0.1) is 0 Å². The first-order chi connectivity index (χ1) is 10.9. The molecule has 0 saturated heterocycles. The van der Waals surface area contributed by atoms with Gasteiger partial charge in [-0.25, -0.2) is 4.98 Å². The van der Waals surface area contributed by atoms with Crippen LogP contribution in [0.15, 0.2) is 40.8 Å². The van der Waals surface area contributed by atoms with E-state index in [-0.39, 0.29) is 11.8 Å². The minimum absolute atomic E-state index is 0.153. The third-order valence-corrected chi connectivity index (χ3v) is 3.64. The molecule has 0 saturated carbocycles. The van der Waals surface area contributed by atoms with Crippen LogP contribution in [0.3, 0.4) is 0 Å². The number of amides is 1. The molecule has 0 unspecified atom stereocenters. The van der Waals surface area contributed by atoms with Crippen LogP contribution in [0, 0.1) is 13.8 Å². The van der Waals surface area contributed by atoms with E-state index < -0.39 is 0 Å². The molecule has 1 N–H and O–H groups in total. The Hall–Kier alpha value is -2.62. The van der Waals surface area contributed by atoms with Crippen LogP contribution in [0.25, 0.3) is 11.1 Å². The van der Waals surface area contributed by atoms with Crippen molar-refractivity contribution in [1.82, 2.24) is 4.98 Å². The van der Waals surface area contributed by atoms with Crippen LogP contribution in [0.2, 0.25) is 0 Å². The highest BCUT2D eigenvalue weighted by Crippen LogP contribution is 2.23. The Balaban J connectivity index is 1.88. The van der Waals surface area contributed by atoms with Crippen molar-refractivity contribution in [1.29, 1.82) is 0 Å². The summed E-state index contributed by atoms with van der Waals surface area (Å²) < 4.78 is 5.72. The van der Waals surface area contributed by atoms with Crippen LogP contribution < -0.4 is 5.32 Å². The molecule has 1 amide bonds. The summed E-state index contributed by atoms with van der Waals surface area (Å²) in [6.07, 6.45) is 0. The van der Waals surface area contributed by atoms with Gasteiger partial charge in [-0.05, 0) is 55.3 Å². The number of fused-ring (bicyclic) bond motifs is 1.